The zero-order valence-corrected chi connectivity index (χ0v) is 12.4. The van der Waals surface area contributed by atoms with Gasteiger partial charge in [0.2, 0.25) is 0 Å². The number of nitrogens with zero attached hydrogens (tertiary/aromatic N) is 1. The fraction of sp³-hybridized carbons (Fsp3) is 0.438. The predicted octanol–water partition coefficient (Wildman–Crippen LogP) is 4.21. The molecule has 3 rings (SSSR count). The normalized spacial score (nSPS) is 17.3. The first kappa shape index (κ1) is 13.5. The fourth-order valence-electron chi connectivity index (χ4n) is 2.97. The van der Waals surface area contributed by atoms with Crippen LogP contribution in [0, 0.1) is 0 Å². The van der Waals surface area contributed by atoms with Crippen molar-refractivity contribution < 1.29 is 4.74 Å². The van der Waals surface area contributed by atoms with Gasteiger partial charge in [-0.15, -0.1) is 11.6 Å². The van der Waals surface area contributed by atoms with E-state index in [0.717, 1.165) is 35.2 Å². The molecule has 4 heteroatoms. The lowest BCUT2D eigenvalue weighted by atomic mass is 10.00. The van der Waals surface area contributed by atoms with Crippen LogP contribution in [0.4, 0.5) is 5.82 Å². The topological polar surface area (TPSA) is 34.1 Å². The highest BCUT2D eigenvalue weighted by Crippen LogP contribution is 2.36. The van der Waals surface area contributed by atoms with Crippen LogP contribution < -0.4 is 10.1 Å². The molecule has 1 heterocycles. The van der Waals surface area contributed by atoms with Gasteiger partial charge >= 0.3 is 0 Å². The highest BCUT2D eigenvalue weighted by Gasteiger charge is 2.33. The lowest BCUT2D eigenvalue weighted by molar-refractivity contribution is 0.415. The highest BCUT2D eigenvalue weighted by atomic mass is 35.5. The summed E-state index contributed by atoms with van der Waals surface area (Å²) in [6.07, 6.45) is 6.52. The first-order chi connectivity index (χ1) is 9.76. The molecule has 1 aliphatic rings. The van der Waals surface area contributed by atoms with Gasteiger partial charge in [-0.2, -0.15) is 0 Å². The summed E-state index contributed by atoms with van der Waals surface area (Å²) in [4.78, 5) is 4.51. The molecule has 0 unspecified atom stereocenters. The molecule has 2 aromatic rings. The first-order valence-electron chi connectivity index (χ1n) is 7.03. The SMILES string of the molecule is COc1ccc2ccnc(NC3(CCl)CCCC3)c2c1. The van der Waals surface area contributed by atoms with Crippen molar-refractivity contribution in [1.82, 2.24) is 4.98 Å². The lowest BCUT2D eigenvalue weighted by Crippen LogP contribution is -2.37. The second-order valence-electron chi connectivity index (χ2n) is 5.49. The molecule has 1 aliphatic carbocycles. The van der Waals surface area contributed by atoms with Crippen LogP contribution in [0.25, 0.3) is 10.8 Å². The Kier molecular flexibility index (Phi) is 3.70. The van der Waals surface area contributed by atoms with Crippen molar-refractivity contribution in [2.75, 3.05) is 18.3 Å². The van der Waals surface area contributed by atoms with Gasteiger partial charge in [0.1, 0.15) is 11.6 Å². The molecule has 1 N–H and O–H groups in total. The van der Waals surface area contributed by atoms with Gasteiger partial charge in [-0.25, -0.2) is 4.98 Å². The van der Waals surface area contributed by atoms with Gasteiger partial charge in [-0.1, -0.05) is 18.9 Å². The smallest absolute Gasteiger partial charge is 0.134 e. The molecule has 1 aromatic heterocycles. The number of ether oxygens (including phenoxy) is 1. The van der Waals surface area contributed by atoms with E-state index in [-0.39, 0.29) is 5.54 Å². The van der Waals surface area contributed by atoms with E-state index in [1.807, 2.05) is 24.4 Å². The maximum atomic E-state index is 6.21. The van der Waals surface area contributed by atoms with Crippen LogP contribution in [0.5, 0.6) is 5.75 Å². The number of hydrogen-bond donors (Lipinski definition) is 1. The average molecular weight is 291 g/mol. The summed E-state index contributed by atoms with van der Waals surface area (Å²) in [6, 6.07) is 8.07. The Morgan fingerprint density at radius 2 is 2.10 bits per heavy atom. The molecule has 106 valence electrons. The number of benzene rings is 1. The quantitative estimate of drug-likeness (QED) is 0.857. The number of fused-ring (bicyclic) bond motifs is 1. The summed E-state index contributed by atoms with van der Waals surface area (Å²) in [5.74, 6) is 2.37. The Bertz CT molecular complexity index is 608. The van der Waals surface area contributed by atoms with E-state index >= 15 is 0 Å². The van der Waals surface area contributed by atoms with Crippen molar-refractivity contribution in [3.8, 4) is 5.75 Å². The van der Waals surface area contributed by atoms with Crippen molar-refractivity contribution in [2.45, 2.75) is 31.2 Å². The summed E-state index contributed by atoms with van der Waals surface area (Å²) >= 11 is 6.21. The number of aromatic nitrogens is 1. The van der Waals surface area contributed by atoms with E-state index in [1.54, 1.807) is 7.11 Å². The molecule has 0 atom stereocenters. The summed E-state index contributed by atoms with van der Waals surface area (Å²) in [5.41, 5.74) is -0.00802. The van der Waals surface area contributed by atoms with Gasteiger partial charge in [0.05, 0.1) is 12.6 Å². The largest absolute Gasteiger partial charge is 0.497 e. The molecule has 1 fully saturated rings. The van der Waals surface area contributed by atoms with Gasteiger partial charge in [0, 0.05) is 17.5 Å². The lowest BCUT2D eigenvalue weighted by Gasteiger charge is -2.29. The number of alkyl halides is 1. The van der Waals surface area contributed by atoms with Crippen molar-refractivity contribution in [2.24, 2.45) is 0 Å². The summed E-state index contributed by atoms with van der Waals surface area (Å²) in [6.45, 7) is 0. The molecule has 1 aromatic carbocycles. The van der Waals surface area contributed by atoms with Gasteiger partial charge in [-0.3, -0.25) is 0 Å². The van der Waals surface area contributed by atoms with Crippen LogP contribution in [0.2, 0.25) is 0 Å². The number of methoxy groups -OCH3 is 1. The Balaban J connectivity index is 2.02. The van der Waals surface area contributed by atoms with E-state index in [4.69, 9.17) is 16.3 Å². The first-order valence-corrected chi connectivity index (χ1v) is 7.57. The maximum Gasteiger partial charge on any atom is 0.134 e. The Morgan fingerprint density at radius 1 is 1.30 bits per heavy atom. The van der Waals surface area contributed by atoms with Crippen LogP contribution in [0.1, 0.15) is 25.7 Å². The minimum absolute atomic E-state index is 0.00802. The zero-order valence-electron chi connectivity index (χ0n) is 11.7. The number of nitrogens with one attached hydrogen (secondary N) is 1. The standard InChI is InChI=1S/C16H19ClN2O/c1-20-13-5-4-12-6-9-18-15(14(12)10-13)19-16(11-17)7-2-3-8-16/h4-6,9-10H,2-3,7-8,11H2,1H3,(H,18,19). The number of anilines is 1. The number of hydrogen-bond acceptors (Lipinski definition) is 3. The van der Waals surface area contributed by atoms with Crippen molar-refractivity contribution in [3.63, 3.8) is 0 Å². The molecular weight excluding hydrogens is 272 g/mol. The number of rotatable bonds is 4. The summed E-state index contributed by atoms with van der Waals surface area (Å²) in [7, 11) is 1.68. The van der Waals surface area contributed by atoms with Crippen LogP contribution in [0.3, 0.4) is 0 Å². The fourth-order valence-corrected chi connectivity index (χ4v) is 3.30. The Hall–Kier alpha value is -1.48. The third-order valence-corrected chi connectivity index (χ3v) is 4.68. The van der Waals surface area contributed by atoms with Crippen LogP contribution >= 0.6 is 11.6 Å². The zero-order chi connectivity index (χ0) is 14.0. The molecule has 0 amide bonds. The second-order valence-corrected chi connectivity index (χ2v) is 5.76. The third kappa shape index (κ3) is 2.42. The van der Waals surface area contributed by atoms with E-state index < -0.39 is 0 Å². The van der Waals surface area contributed by atoms with E-state index in [2.05, 4.69) is 16.4 Å². The van der Waals surface area contributed by atoms with Crippen LogP contribution in [-0.4, -0.2) is 23.5 Å². The van der Waals surface area contributed by atoms with Gasteiger partial charge in [-0.05, 0) is 36.4 Å². The monoisotopic (exact) mass is 290 g/mol. The summed E-state index contributed by atoms with van der Waals surface area (Å²) < 4.78 is 5.32. The second kappa shape index (κ2) is 5.49. The molecule has 0 radical (unpaired) electrons. The maximum absolute atomic E-state index is 6.21. The molecule has 1 saturated carbocycles. The van der Waals surface area contributed by atoms with Crippen molar-refractivity contribution in [1.29, 1.82) is 0 Å². The number of halogens is 1. The molecule has 20 heavy (non-hydrogen) atoms. The Morgan fingerprint density at radius 3 is 2.80 bits per heavy atom. The van der Waals surface area contributed by atoms with E-state index in [1.165, 1.54) is 12.8 Å². The number of pyridine rings is 1. The minimum atomic E-state index is -0.00802. The van der Waals surface area contributed by atoms with Crippen molar-refractivity contribution >= 4 is 28.2 Å². The molecule has 0 aliphatic heterocycles. The van der Waals surface area contributed by atoms with E-state index in [0.29, 0.717) is 5.88 Å². The van der Waals surface area contributed by atoms with Gasteiger partial charge < -0.3 is 10.1 Å². The molecule has 0 saturated heterocycles. The average Bonchev–Trinajstić information content (AvgIpc) is 2.96. The highest BCUT2D eigenvalue weighted by molar-refractivity contribution is 6.19. The van der Waals surface area contributed by atoms with Crippen LogP contribution in [-0.2, 0) is 0 Å². The molecule has 0 bridgehead atoms. The molecule has 3 nitrogen and oxygen atoms in total. The predicted molar refractivity (Wildman–Crippen MR) is 83.8 cm³/mol. The van der Waals surface area contributed by atoms with Gasteiger partial charge in [0.25, 0.3) is 0 Å². The van der Waals surface area contributed by atoms with Crippen molar-refractivity contribution in [3.05, 3.63) is 30.5 Å². The minimum Gasteiger partial charge on any atom is -0.497 e. The third-order valence-electron chi connectivity index (χ3n) is 4.17. The van der Waals surface area contributed by atoms with Gasteiger partial charge in [0.15, 0.2) is 0 Å². The molecule has 0 spiro atoms. The summed E-state index contributed by atoms with van der Waals surface area (Å²) in [5, 5.41) is 5.84. The van der Waals surface area contributed by atoms with E-state index in [9.17, 15) is 0 Å². The Labute approximate surface area is 124 Å². The van der Waals surface area contributed by atoms with Crippen LogP contribution in [0.15, 0.2) is 30.5 Å². The molecular formula is C16H19ClN2O.